The molecule has 5 nitrogen and oxygen atoms in total. The second-order valence-electron chi connectivity index (χ2n) is 5.56. The van der Waals surface area contributed by atoms with Gasteiger partial charge >= 0.3 is 5.97 Å². The maximum Gasteiger partial charge on any atom is 0.337 e. The number of carbonyl (C=O) groups is 1. The van der Waals surface area contributed by atoms with Crippen molar-refractivity contribution >= 4 is 11.7 Å². The monoisotopic (exact) mass is 292 g/mol. The van der Waals surface area contributed by atoms with E-state index in [9.17, 15) is 9.90 Å². The van der Waals surface area contributed by atoms with Crippen LogP contribution in [-0.4, -0.2) is 55.8 Å². The summed E-state index contributed by atoms with van der Waals surface area (Å²) in [5, 5.41) is 9.46. The lowest BCUT2D eigenvalue weighted by molar-refractivity contribution is 0.0697. The number of anilines is 1. The maximum atomic E-state index is 11.5. The highest BCUT2D eigenvalue weighted by Crippen LogP contribution is 2.30. The third kappa shape index (κ3) is 3.47. The van der Waals surface area contributed by atoms with E-state index in [2.05, 4.69) is 23.8 Å². The van der Waals surface area contributed by atoms with Crippen LogP contribution in [0.15, 0.2) is 18.2 Å². The molecule has 0 radical (unpaired) electrons. The van der Waals surface area contributed by atoms with Crippen LogP contribution in [0, 0.1) is 0 Å². The molecule has 0 amide bonds. The van der Waals surface area contributed by atoms with Gasteiger partial charge in [-0.05, 0) is 38.6 Å². The van der Waals surface area contributed by atoms with E-state index in [1.807, 2.05) is 6.07 Å². The Balaban J connectivity index is 2.43. The van der Waals surface area contributed by atoms with Crippen molar-refractivity contribution in [2.75, 3.05) is 38.7 Å². The largest absolute Gasteiger partial charge is 0.497 e. The van der Waals surface area contributed by atoms with Crippen LogP contribution in [0.25, 0.3) is 0 Å². The van der Waals surface area contributed by atoms with E-state index in [1.54, 1.807) is 19.2 Å². The van der Waals surface area contributed by atoms with Crippen molar-refractivity contribution in [3.8, 4) is 5.75 Å². The Kier molecular flexibility index (Phi) is 5.07. The Morgan fingerprint density at radius 3 is 2.81 bits per heavy atom. The fraction of sp³-hybridized carbons (Fsp3) is 0.562. The molecule has 0 saturated carbocycles. The molecule has 0 aromatic heterocycles. The highest BCUT2D eigenvalue weighted by atomic mass is 16.5. The van der Waals surface area contributed by atoms with E-state index in [0.29, 0.717) is 17.4 Å². The van der Waals surface area contributed by atoms with Gasteiger partial charge in [-0.2, -0.15) is 0 Å². The second kappa shape index (κ2) is 6.80. The van der Waals surface area contributed by atoms with Crippen molar-refractivity contribution in [3.63, 3.8) is 0 Å². The van der Waals surface area contributed by atoms with Crippen LogP contribution in [0.5, 0.6) is 5.75 Å². The Bertz CT molecular complexity index is 504. The van der Waals surface area contributed by atoms with Crippen LogP contribution in [0.4, 0.5) is 5.69 Å². The minimum Gasteiger partial charge on any atom is -0.497 e. The molecule has 1 fully saturated rings. The Hall–Kier alpha value is -1.75. The van der Waals surface area contributed by atoms with Gasteiger partial charge in [0.15, 0.2) is 0 Å². The maximum absolute atomic E-state index is 11.5. The summed E-state index contributed by atoms with van der Waals surface area (Å²) in [6.07, 6.45) is 2.02. The molecule has 1 N–H and O–H groups in total. The first-order chi connectivity index (χ1) is 10.1. The number of methoxy groups -OCH3 is 1. The number of nitrogens with zero attached hydrogens (tertiary/aromatic N) is 2. The zero-order chi connectivity index (χ0) is 15.4. The van der Waals surface area contributed by atoms with E-state index in [-0.39, 0.29) is 0 Å². The average molecular weight is 292 g/mol. The van der Waals surface area contributed by atoms with Gasteiger partial charge in [-0.15, -0.1) is 0 Å². The number of likely N-dealkylation sites (N-methyl/N-ethyl adjacent to an activating group) is 1. The summed E-state index contributed by atoms with van der Waals surface area (Å²) in [5.41, 5.74) is 1.11. The summed E-state index contributed by atoms with van der Waals surface area (Å²) in [4.78, 5) is 16.1. The normalized spacial score (nSPS) is 20.1. The molecule has 1 atom stereocenters. The molecule has 1 aliphatic heterocycles. The number of hydrogen-bond acceptors (Lipinski definition) is 4. The summed E-state index contributed by atoms with van der Waals surface area (Å²) >= 11 is 0. The molecule has 1 heterocycles. The Morgan fingerprint density at radius 2 is 2.19 bits per heavy atom. The van der Waals surface area contributed by atoms with Crippen molar-refractivity contribution in [3.05, 3.63) is 23.8 Å². The molecule has 0 spiro atoms. The number of rotatable bonds is 4. The van der Waals surface area contributed by atoms with E-state index in [1.165, 1.54) is 0 Å². The summed E-state index contributed by atoms with van der Waals surface area (Å²) < 4.78 is 5.27. The average Bonchev–Trinajstić information content (AvgIpc) is 2.67. The summed E-state index contributed by atoms with van der Waals surface area (Å²) in [6.45, 7) is 5.01. The molecule has 1 aliphatic rings. The topological polar surface area (TPSA) is 53.0 Å². The molecule has 1 unspecified atom stereocenters. The van der Waals surface area contributed by atoms with Gasteiger partial charge < -0.3 is 19.6 Å². The van der Waals surface area contributed by atoms with Crippen LogP contribution >= 0.6 is 0 Å². The quantitative estimate of drug-likeness (QED) is 0.923. The summed E-state index contributed by atoms with van der Waals surface area (Å²) in [6, 6.07) is 5.51. The SMILES string of the molecule is CCC1CN(C)CCCN1c1cc(OC)ccc1C(=O)O. The zero-order valence-corrected chi connectivity index (χ0v) is 13.0. The second-order valence-corrected chi connectivity index (χ2v) is 5.56. The van der Waals surface area contributed by atoms with Gasteiger partial charge in [0.2, 0.25) is 0 Å². The number of hydrogen-bond donors (Lipinski definition) is 1. The number of benzene rings is 1. The lowest BCUT2D eigenvalue weighted by Gasteiger charge is -2.33. The van der Waals surface area contributed by atoms with Crippen molar-refractivity contribution in [2.45, 2.75) is 25.8 Å². The number of carboxylic acid groups (broad SMARTS) is 1. The molecule has 1 aromatic carbocycles. The van der Waals surface area contributed by atoms with Gasteiger partial charge in [0.1, 0.15) is 5.75 Å². The third-order valence-electron chi connectivity index (χ3n) is 4.12. The van der Waals surface area contributed by atoms with E-state index in [0.717, 1.165) is 38.2 Å². The third-order valence-corrected chi connectivity index (χ3v) is 4.12. The lowest BCUT2D eigenvalue weighted by Crippen LogP contribution is -2.40. The first-order valence-corrected chi connectivity index (χ1v) is 7.43. The highest BCUT2D eigenvalue weighted by molar-refractivity contribution is 5.95. The number of carboxylic acids is 1. The van der Waals surface area contributed by atoms with Crippen molar-refractivity contribution in [1.29, 1.82) is 0 Å². The van der Waals surface area contributed by atoms with Gasteiger partial charge in [-0.25, -0.2) is 4.79 Å². The molecular weight excluding hydrogens is 268 g/mol. The van der Waals surface area contributed by atoms with Crippen molar-refractivity contribution in [2.24, 2.45) is 0 Å². The summed E-state index contributed by atoms with van der Waals surface area (Å²) in [5.74, 6) is -0.192. The molecule has 116 valence electrons. The molecule has 0 bridgehead atoms. The van der Waals surface area contributed by atoms with Crippen LogP contribution in [0.2, 0.25) is 0 Å². The molecule has 0 aliphatic carbocycles. The van der Waals surface area contributed by atoms with Gasteiger partial charge in [0.25, 0.3) is 0 Å². The summed E-state index contributed by atoms with van der Waals surface area (Å²) in [7, 11) is 3.73. The van der Waals surface area contributed by atoms with Crippen LogP contribution < -0.4 is 9.64 Å². The predicted octanol–water partition coefficient (Wildman–Crippen LogP) is 2.31. The first kappa shape index (κ1) is 15.6. The first-order valence-electron chi connectivity index (χ1n) is 7.43. The smallest absolute Gasteiger partial charge is 0.337 e. The fourth-order valence-corrected chi connectivity index (χ4v) is 2.97. The Labute approximate surface area is 126 Å². The van der Waals surface area contributed by atoms with Crippen LogP contribution in [0.3, 0.4) is 0 Å². The minimum atomic E-state index is -0.889. The molecular formula is C16H24N2O3. The van der Waals surface area contributed by atoms with E-state index < -0.39 is 5.97 Å². The molecule has 1 saturated heterocycles. The van der Waals surface area contributed by atoms with Crippen molar-refractivity contribution < 1.29 is 14.6 Å². The fourth-order valence-electron chi connectivity index (χ4n) is 2.97. The molecule has 21 heavy (non-hydrogen) atoms. The molecule has 2 rings (SSSR count). The Morgan fingerprint density at radius 1 is 1.43 bits per heavy atom. The van der Waals surface area contributed by atoms with Gasteiger partial charge in [-0.1, -0.05) is 6.92 Å². The standard InChI is InChI=1S/C16H24N2O3/c1-4-12-11-17(2)8-5-9-18(12)15-10-13(21-3)6-7-14(15)16(19)20/h6-7,10,12H,4-5,8-9,11H2,1-3H3,(H,19,20). The van der Waals surface area contributed by atoms with E-state index in [4.69, 9.17) is 4.74 Å². The van der Waals surface area contributed by atoms with Gasteiger partial charge in [-0.3, -0.25) is 0 Å². The van der Waals surface area contributed by atoms with E-state index >= 15 is 0 Å². The number of aromatic carboxylic acids is 1. The molecule has 5 heteroatoms. The zero-order valence-electron chi connectivity index (χ0n) is 13.0. The number of ether oxygens (including phenoxy) is 1. The molecule has 1 aromatic rings. The van der Waals surface area contributed by atoms with Crippen LogP contribution in [0.1, 0.15) is 30.1 Å². The highest BCUT2D eigenvalue weighted by Gasteiger charge is 2.26. The van der Waals surface area contributed by atoms with Gasteiger partial charge in [0.05, 0.1) is 18.4 Å². The van der Waals surface area contributed by atoms with Gasteiger partial charge in [0, 0.05) is 25.2 Å². The predicted molar refractivity (Wildman–Crippen MR) is 83.5 cm³/mol. The lowest BCUT2D eigenvalue weighted by atomic mass is 10.1. The minimum absolute atomic E-state index is 0.322. The van der Waals surface area contributed by atoms with Crippen LogP contribution in [-0.2, 0) is 0 Å². The van der Waals surface area contributed by atoms with Crippen molar-refractivity contribution in [1.82, 2.24) is 4.90 Å².